The monoisotopic (exact) mass is 357 g/mol. The third-order valence-corrected chi connectivity index (χ3v) is 5.60. The molecule has 1 aliphatic heterocycles. The number of halogens is 1. The van der Waals surface area contributed by atoms with Gasteiger partial charge in [-0.15, -0.1) is 0 Å². The van der Waals surface area contributed by atoms with E-state index >= 15 is 0 Å². The van der Waals surface area contributed by atoms with Crippen LogP contribution >= 0.6 is 0 Å². The van der Waals surface area contributed by atoms with Crippen LogP contribution in [0.4, 0.5) is 4.39 Å². The molecule has 0 aliphatic carbocycles. The van der Waals surface area contributed by atoms with Gasteiger partial charge in [0.1, 0.15) is 11.9 Å². The fraction of sp³-hybridized carbons (Fsp3) is 0.467. The van der Waals surface area contributed by atoms with E-state index in [1.165, 1.54) is 24.1 Å². The number of nitrogens with zero attached hydrogens (tertiary/aromatic N) is 1. The van der Waals surface area contributed by atoms with Crippen LogP contribution < -0.4 is 10.6 Å². The second kappa shape index (κ2) is 7.71. The first kappa shape index (κ1) is 18.3. The van der Waals surface area contributed by atoms with Crippen molar-refractivity contribution in [2.24, 2.45) is 0 Å². The quantitative estimate of drug-likeness (QED) is 0.695. The van der Waals surface area contributed by atoms with Gasteiger partial charge in [0.2, 0.25) is 11.8 Å². The molecule has 2 N–H and O–H groups in total. The molecule has 1 heterocycles. The minimum absolute atomic E-state index is 0.0279. The number of carbonyl (C=O) groups excluding carboxylic acids is 2. The molecule has 1 aliphatic rings. The van der Waals surface area contributed by atoms with Crippen molar-refractivity contribution < 1.29 is 22.4 Å². The van der Waals surface area contributed by atoms with Gasteiger partial charge in [-0.1, -0.05) is 0 Å². The molecule has 0 spiro atoms. The van der Waals surface area contributed by atoms with Crippen LogP contribution in [0.25, 0.3) is 0 Å². The van der Waals surface area contributed by atoms with Gasteiger partial charge in [-0.05, 0) is 24.3 Å². The Bertz CT molecular complexity index is 706. The van der Waals surface area contributed by atoms with Gasteiger partial charge >= 0.3 is 0 Å². The number of hydrogen-bond donors (Lipinski definition) is 2. The van der Waals surface area contributed by atoms with Crippen LogP contribution in [0, 0.1) is 5.82 Å². The van der Waals surface area contributed by atoms with E-state index in [2.05, 4.69) is 10.6 Å². The van der Waals surface area contributed by atoms with Crippen LogP contribution in [0.5, 0.6) is 0 Å². The minimum Gasteiger partial charge on any atom is -0.357 e. The fourth-order valence-electron chi connectivity index (χ4n) is 2.53. The summed E-state index contributed by atoms with van der Waals surface area (Å²) in [5.41, 5.74) is 0. The minimum atomic E-state index is -3.68. The zero-order valence-corrected chi connectivity index (χ0v) is 14.1. The number of hydrogen-bond acceptors (Lipinski definition) is 5. The molecule has 2 amide bonds. The lowest BCUT2D eigenvalue weighted by atomic mass is 10.1. The number of nitrogens with one attached hydrogen (secondary N) is 2. The van der Waals surface area contributed by atoms with E-state index in [9.17, 15) is 22.4 Å². The van der Waals surface area contributed by atoms with Crippen molar-refractivity contribution >= 4 is 21.7 Å². The van der Waals surface area contributed by atoms with Gasteiger partial charge < -0.3 is 15.5 Å². The molecule has 24 heavy (non-hydrogen) atoms. The molecule has 1 atom stereocenters. The zero-order chi connectivity index (χ0) is 17.7. The van der Waals surface area contributed by atoms with Crippen molar-refractivity contribution in [1.29, 1.82) is 0 Å². The summed E-state index contributed by atoms with van der Waals surface area (Å²) in [6.45, 7) is 1.22. The Morgan fingerprint density at radius 3 is 2.62 bits per heavy atom. The molecule has 0 saturated carbocycles. The summed E-state index contributed by atoms with van der Waals surface area (Å²) in [5, 5.41) is 5.53. The summed E-state index contributed by atoms with van der Waals surface area (Å²) in [4.78, 5) is 25.6. The standard InChI is InChI=1S/C15H20FN3O4S/c1-17-15(21)13-10-18-7-8-19(13)14(20)6-9-24(22,23)12-4-2-11(16)3-5-12/h2-5,13,18H,6-10H2,1H3,(H,17,21)/t13-/m0/s1. The number of sulfone groups is 1. The number of carbonyl (C=O) groups is 2. The van der Waals surface area contributed by atoms with Gasteiger partial charge in [0.25, 0.3) is 0 Å². The highest BCUT2D eigenvalue weighted by atomic mass is 32.2. The number of rotatable bonds is 5. The molecule has 7 nitrogen and oxygen atoms in total. The third kappa shape index (κ3) is 4.30. The molecule has 0 unspecified atom stereocenters. The Hall–Kier alpha value is -2.00. The maximum absolute atomic E-state index is 12.9. The number of likely N-dealkylation sites (N-methyl/N-ethyl adjacent to an activating group) is 1. The molecule has 2 rings (SSSR count). The highest BCUT2D eigenvalue weighted by Crippen LogP contribution is 2.14. The van der Waals surface area contributed by atoms with E-state index in [1.54, 1.807) is 0 Å². The molecule has 9 heteroatoms. The maximum Gasteiger partial charge on any atom is 0.243 e. The molecule has 0 radical (unpaired) electrons. The average Bonchev–Trinajstić information content (AvgIpc) is 2.59. The first-order valence-electron chi connectivity index (χ1n) is 7.55. The summed E-state index contributed by atoms with van der Waals surface area (Å²) in [6.07, 6.45) is -0.229. The molecule has 0 aromatic heterocycles. The van der Waals surface area contributed by atoms with E-state index in [-0.39, 0.29) is 23.0 Å². The van der Waals surface area contributed by atoms with E-state index in [0.29, 0.717) is 19.6 Å². The van der Waals surface area contributed by atoms with Gasteiger partial charge in [0, 0.05) is 33.1 Å². The molecule has 132 valence electrons. The number of amides is 2. The highest BCUT2D eigenvalue weighted by molar-refractivity contribution is 7.91. The van der Waals surface area contributed by atoms with Crippen LogP contribution in [0.2, 0.25) is 0 Å². The van der Waals surface area contributed by atoms with Gasteiger partial charge in [0.05, 0.1) is 10.6 Å². The van der Waals surface area contributed by atoms with Gasteiger partial charge in [0.15, 0.2) is 9.84 Å². The van der Waals surface area contributed by atoms with E-state index in [1.807, 2.05) is 0 Å². The first-order valence-corrected chi connectivity index (χ1v) is 9.20. The lowest BCUT2D eigenvalue weighted by Crippen LogP contribution is -2.59. The van der Waals surface area contributed by atoms with Crippen LogP contribution in [0.15, 0.2) is 29.2 Å². The zero-order valence-electron chi connectivity index (χ0n) is 13.3. The Balaban J connectivity index is 2.03. The molecule has 1 aromatic rings. The summed E-state index contributed by atoms with van der Waals surface area (Å²) < 4.78 is 37.3. The van der Waals surface area contributed by atoms with Crippen LogP contribution in [-0.4, -0.2) is 63.6 Å². The van der Waals surface area contributed by atoms with E-state index in [0.717, 1.165) is 12.1 Å². The number of benzene rings is 1. The molecular formula is C15H20FN3O4S. The lowest BCUT2D eigenvalue weighted by Gasteiger charge is -2.35. The van der Waals surface area contributed by atoms with E-state index in [4.69, 9.17) is 0 Å². The SMILES string of the molecule is CNC(=O)[C@@H]1CNCCN1C(=O)CCS(=O)(=O)c1ccc(F)cc1. The van der Waals surface area contributed by atoms with E-state index < -0.39 is 27.6 Å². The molecule has 0 bridgehead atoms. The highest BCUT2D eigenvalue weighted by Gasteiger charge is 2.31. The Kier molecular flexibility index (Phi) is 5.89. The van der Waals surface area contributed by atoms with Crippen molar-refractivity contribution in [1.82, 2.24) is 15.5 Å². The predicted molar refractivity (Wildman–Crippen MR) is 85.5 cm³/mol. The fourth-order valence-corrected chi connectivity index (χ4v) is 3.76. The van der Waals surface area contributed by atoms with Crippen LogP contribution in [0.3, 0.4) is 0 Å². The van der Waals surface area contributed by atoms with Crippen molar-refractivity contribution in [2.75, 3.05) is 32.4 Å². The second-order valence-corrected chi connectivity index (χ2v) is 7.55. The molecule has 1 fully saturated rings. The molecular weight excluding hydrogens is 337 g/mol. The first-order chi connectivity index (χ1) is 11.3. The summed E-state index contributed by atoms with van der Waals surface area (Å²) in [5.74, 6) is -1.60. The van der Waals surface area contributed by atoms with Gasteiger partial charge in [-0.25, -0.2) is 12.8 Å². The number of piperazine rings is 1. The average molecular weight is 357 g/mol. The third-order valence-electron chi connectivity index (χ3n) is 3.87. The Labute approximate surface area is 140 Å². The topological polar surface area (TPSA) is 95.6 Å². The summed E-state index contributed by atoms with van der Waals surface area (Å²) >= 11 is 0. The van der Waals surface area contributed by atoms with Crippen molar-refractivity contribution in [3.8, 4) is 0 Å². The summed E-state index contributed by atoms with van der Waals surface area (Å²) in [7, 11) is -2.20. The van der Waals surface area contributed by atoms with Crippen molar-refractivity contribution in [3.05, 3.63) is 30.1 Å². The molecule has 1 saturated heterocycles. The Morgan fingerprint density at radius 1 is 1.33 bits per heavy atom. The molecule has 1 aromatic carbocycles. The Morgan fingerprint density at radius 2 is 2.00 bits per heavy atom. The largest absolute Gasteiger partial charge is 0.357 e. The van der Waals surface area contributed by atoms with Crippen LogP contribution in [0.1, 0.15) is 6.42 Å². The normalized spacial score (nSPS) is 18.2. The lowest BCUT2D eigenvalue weighted by molar-refractivity contribution is -0.141. The van der Waals surface area contributed by atoms with Crippen molar-refractivity contribution in [2.45, 2.75) is 17.4 Å². The maximum atomic E-state index is 12.9. The smallest absolute Gasteiger partial charge is 0.243 e. The van der Waals surface area contributed by atoms with Gasteiger partial charge in [-0.2, -0.15) is 0 Å². The van der Waals surface area contributed by atoms with Gasteiger partial charge in [-0.3, -0.25) is 9.59 Å². The van der Waals surface area contributed by atoms with Crippen molar-refractivity contribution in [3.63, 3.8) is 0 Å². The summed E-state index contributed by atoms with van der Waals surface area (Å²) in [6, 6.07) is 3.82. The van der Waals surface area contributed by atoms with Crippen LogP contribution in [-0.2, 0) is 19.4 Å². The second-order valence-electron chi connectivity index (χ2n) is 5.44. The predicted octanol–water partition coefficient (Wildman–Crippen LogP) is -0.464.